The van der Waals surface area contributed by atoms with Crippen molar-refractivity contribution in [1.82, 2.24) is 0 Å². The number of unbranched alkanes of at least 4 members (excludes halogenated alkanes) is 4. The molecule has 0 spiro atoms. The standard InChI is InChI=1S/2C6H10O4.C5H12O2/c2*7-5(8)3-1-2-4-6(9)10;6-4-2-1-3-5-7/h2*1-4H2,(H,7,8)(H,9,10);6-7H,1-5H2. The summed E-state index contributed by atoms with van der Waals surface area (Å²) in [5.41, 5.74) is 0. The molecule has 0 atom stereocenters. The Balaban J connectivity index is -0.000000326. The Morgan fingerprint density at radius 3 is 0.778 bits per heavy atom. The number of hydrogen-bond donors (Lipinski definition) is 6. The molecule has 10 nitrogen and oxygen atoms in total. The van der Waals surface area contributed by atoms with Gasteiger partial charge in [0.2, 0.25) is 0 Å². The number of aliphatic hydroxyl groups is 2. The molecule has 10 heteroatoms. The van der Waals surface area contributed by atoms with E-state index >= 15 is 0 Å². The number of carboxylic acids is 4. The molecule has 0 heterocycles. The quantitative estimate of drug-likeness (QED) is 0.235. The van der Waals surface area contributed by atoms with Crippen molar-refractivity contribution in [3.8, 4) is 0 Å². The topological polar surface area (TPSA) is 190 Å². The van der Waals surface area contributed by atoms with Crippen LogP contribution in [0.1, 0.15) is 70.6 Å². The fraction of sp³-hybridized carbons (Fsp3) is 0.765. The molecular weight excluding hydrogens is 364 g/mol. The Morgan fingerprint density at radius 2 is 0.630 bits per heavy atom. The van der Waals surface area contributed by atoms with Crippen molar-refractivity contribution in [2.75, 3.05) is 13.2 Å². The smallest absolute Gasteiger partial charge is 0.303 e. The first kappa shape index (κ1) is 29.6. The normalized spacial score (nSPS) is 9.26. The molecule has 27 heavy (non-hydrogen) atoms. The molecule has 0 rings (SSSR count). The summed E-state index contributed by atoms with van der Waals surface area (Å²) in [5, 5.41) is 48.9. The molecule has 0 saturated heterocycles. The second-order valence-electron chi connectivity index (χ2n) is 5.50. The lowest BCUT2D eigenvalue weighted by Crippen LogP contribution is -1.97. The SMILES string of the molecule is O=C(O)CCCCC(=O)O.O=C(O)CCCCC(=O)O.OCCCCCO. The van der Waals surface area contributed by atoms with Crippen LogP contribution in [0.15, 0.2) is 0 Å². The van der Waals surface area contributed by atoms with Gasteiger partial charge in [-0.05, 0) is 44.9 Å². The minimum atomic E-state index is -0.870. The zero-order valence-electron chi connectivity index (χ0n) is 15.5. The lowest BCUT2D eigenvalue weighted by Gasteiger charge is -1.92. The zero-order chi connectivity index (χ0) is 21.5. The minimum Gasteiger partial charge on any atom is -0.481 e. The highest BCUT2D eigenvalue weighted by Gasteiger charge is 1.99. The van der Waals surface area contributed by atoms with Crippen LogP contribution >= 0.6 is 0 Å². The van der Waals surface area contributed by atoms with Gasteiger partial charge in [0, 0.05) is 38.9 Å². The van der Waals surface area contributed by atoms with Gasteiger partial charge in [0.1, 0.15) is 0 Å². The van der Waals surface area contributed by atoms with Crippen LogP contribution in [0.2, 0.25) is 0 Å². The Morgan fingerprint density at radius 1 is 0.407 bits per heavy atom. The Bertz CT molecular complexity index is 327. The number of carbonyl (C=O) groups is 4. The predicted molar refractivity (Wildman–Crippen MR) is 95.5 cm³/mol. The Hall–Kier alpha value is -2.20. The van der Waals surface area contributed by atoms with Gasteiger partial charge in [-0.2, -0.15) is 0 Å². The molecule has 0 unspecified atom stereocenters. The fourth-order valence-electron chi connectivity index (χ4n) is 1.51. The van der Waals surface area contributed by atoms with Gasteiger partial charge in [-0.1, -0.05) is 0 Å². The van der Waals surface area contributed by atoms with Crippen LogP contribution in [0.3, 0.4) is 0 Å². The predicted octanol–water partition coefficient (Wildman–Crippen LogP) is 1.57. The Kier molecular flexibility index (Phi) is 26.1. The summed E-state index contributed by atoms with van der Waals surface area (Å²) >= 11 is 0. The number of aliphatic carboxylic acids is 4. The first-order valence-electron chi connectivity index (χ1n) is 8.76. The van der Waals surface area contributed by atoms with Crippen LogP contribution < -0.4 is 0 Å². The summed E-state index contributed by atoms with van der Waals surface area (Å²) in [5.74, 6) is -3.48. The average Bonchev–Trinajstić information content (AvgIpc) is 2.57. The van der Waals surface area contributed by atoms with Crippen molar-refractivity contribution < 1.29 is 49.8 Å². The van der Waals surface area contributed by atoms with Crippen LogP contribution in [-0.4, -0.2) is 67.7 Å². The monoisotopic (exact) mass is 396 g/mol. The second kappa shape index (κ2) is 23.8. The highest BCUT2D eigenvalue weighted by atomic mass is 16.4. The highest BCUT2D eigenvalue weighted by molar-refractivity contribution is 5.68. The van der Waals surface area contributed by atoms with Crippen molar-refractivity contribution in [2.45, 2.75) is 70.6 Å². The van der Waals surface area contributed by atoms with Crippen LogP contribution in [0.5, 0.6) is 0 Å². The molecule has 0 radical (unpaired) electrons. The van der Waals surface area contributed by atoms with E-state index < -0.39 is 23.9 Å². The summed E-state index contributed by atoms with van der Waals surface area (Å²) in [6.07, 6.45) is 4.61. The second-order valence-corrected chi connectivity index (χ2v) is 5.50. The molecule has 0 aromatic heterocycles. The maximum Gasteiger partial charge on any atom is 0.303 e. The summed E-state index contributed by atoms with van der Waals surface area (Å²) in [6.45, 7) is 0.500. The molecule has 0 amide bonds. The molecule has 0 aromatic rings. The lowest BCUT2D eigenvalue weighted by molar-refractivity contribution is -0.139. The van der Waals surface area contributed by atoms with Crippen LogP contribution in [0, 0.1) is 0 Å². The third-order valence-electron chi connectivity index (χ3n) is 2.88. The molecule has 160 valence electrons. The molecule has 0 aliphatic rings. The lowest BCUT2D eigenvalue weighted by atomic mass is 10.2. The van der Waals surface area contributed by atoms with Crippen molar-refractivity contribution in [2.24, 2.45) is 0 Å². The van der Waals surface area contributed by atoms with E-state index in [1.165, 1.54) is 0 Å². The van der Waals surface area contributed by atoms with Gasteiger partial charge >= 0.3 is 23.9 Å². The van der Waals surface area contributed by atoms with Crippen molar-refractivity contribution in [3.05, 3.63) is 0 Å². The molecule has 0 aliphatic carbocycles. The van der Waals surface area contributed by atoms with Gasteiger partial charge in [-0.3, -0.25) is 19.2 Å². The average molecular weight is 396 g/mol. The number of rotatable bonds is 14. The molecular formula is C17H32O10. The first-order valence-corrected chi connectivity index (χ1v) is 8.76. The number of hydrogen-bond acceptors (Lipinski definition) is 6. The van der Waals surface area contributed by atoms with Crippen molar-refractivity contribution in [1.29, 1.82) is 0 Å². The Labute approximate surface area is 158 Å². The minimum absolute atomic E-state index is 0.0628. The van der Waals surface area contributed by atoms with Gasteiger partial charge in [0.25, 0.3) is 0 Å². The molecule has 0 fully saturated rings. The summed E-state index contributed by atoms with van der Waals surface area (Å²) < 4.78 is 0. The molecule has 0 aliphatic heterocycles. The number of aliphatic hydroxyl groups excluding tert-OH is 2. The van der Waals surface area contributed by atoms with E-state index in [-0.39, 0.29) is 38.9 Å². The van der Waals surface area contributed by atoms with Crippen LogP contribution in [0.25, 0.3) is 0 Å². The van der Waals surface area contributed by atoms with Gasteiger partial charge in [-0.25, -0.2) is 0 Å². The van der Waals surface area contributed by atoms with Gasteiger partial charge in [0.05, 0.1) is 0 Å². The maximum atomic E-state index is 9.90. The van der Waals surface area contributed by atoms with Gasteiger partial charge in [-0.15, -0.1) is 0 Å². The molecule has 6 N–H and O–H groups in total. The van der Waals surface area contributed by atoms with E-state index in [9.17, 15) is 19.2 Å². The summed E-state index contributed by atoms with van der Waals surface area (Å²) in [6, 6.07) is 0. The highest BCUT2D eigenvalue weighted by Crippen LogP contribution is 1.99. The van der Waals surface area contributed by atoms with E-state index in [1.54, 1.807) is 0 Å². The molecule has 0 aromatic carbocycles. The molecule has 0 bridgehead atoms. The van der Waals surface area contributed by atoms with E-state index in [1.807, 2.05) is 0 Å². The van der Waals surface area contributed by atoms with Crippen LogP contribution in [-0.2, 0) is 19.2 Å². The maximum absolute atomic E-state index is 9.90. The largest absolute Gasteiger partial charge is 0.481 e. The zero-order valence-corrected chi connectivity index (χ0v) is 15.5. The summed E-state index contributed by atoms with van der Waals surface area (Å²) in [7, 11) is 0. The summed E-state index contributed by atoms with van der Waals surface area (Å²) in [4.78, 5) is 39.6. The van der Waals surface area contributed by atoms with E-state index in [4.69, 9.17) is 30.6 Å². The van der Waals surface area contributed by atoms with Gasteiger partial charge in [0.15, 0.2) is 0 Å². The van der Waals surface area contributed by atoms with Gasteiger partial charge < -0.3 is 30.6 Å². The fourth-order valence-corrected chi connectivity index (χ4v) is 1.51. The van der Waals surface area contributed by atoms with Crippen LogP contribution in [0.4, 0.5) is 0 Å². The van der Waals surface area contributed by atoms with E-state index in [0.29, 0.717) is 25.7 Å². The third-order valence-corrected chi connectivity index (χ3v) is 2.88. The first-order chi connectivity index (χ1) is 12.7. The van der Waals surface area contributed by atoms with Crippen molar-refractivity contribution >= 4 is 23.9 Å². The third kappa shape index (κ3) is 45.3. The molecule has 0 saturated carbocycles. The van der Waals surface area contributed by atoms with E-state index in [2.05, 4.69) is 0 Å². The van der Waals surface area contributed by atoms with E-state index in [0.717, 1.165) is 19.3 Å². The number of carboxylic acid groups (broad SMARTS) is 4. The van der Waals surface area contributed by atoms with Crippen molar-refractivity contribution in [3.63, 3.8) is 0 Å².